The van der Waals surface area contributed by atoms with E-state index in [1.165, 1.54) is 18.4 Å². The van der Waals surface area contributed by atoms with E-state index in [2.05, 4.69) is 10.3 Å². The van der Waals surface area contributed by atoms with Crippen molar-refractivity contribution in [3.05, 3.63) is 77.5 Å². The average molecular weight is 420 g/mol. The summed E-state index contributed by atoms with van der Waals surface area (Å²) in [5, 5.41) is 2.87. The largest absolute Gasteiger partial charge is 0.468 e. The minimum atomic E-state index is -4.00. The molecule has 0 radical (unpaired) electrons. The van der Waals surface area contributed by atoms with Gasteiger partial charge >= 0.3 is 0 Å². The van der Waals surface area contributed by atoms with Gasteiger partial charge in [-0.15, -0.1) is 0 Å². The van der Waals surface area contributed by atoms with E-state index >= 15 is 0 Å². The summed E-state index contributed by atoms with van der Waals surface area (Å²) < 4.78 is 32.3. The van der Waals surface area contributed by atoms with Gasteiger partial charge in [-0.3, -0.25) is 4.79 Å². The molecule has 3 aromatic rings. The number of halogens is 1. The molecule has 0 atom stereocenters. The normalized spacial score (nSPS) is 11.5. The van der Waals surface area contributed by atoms with E-state index in [1.807, 2.05) is 19.1 Å². The zero-order valence-corrected chi connectivity index (χ0v) is 16.6. The van der Waals surface area contributed by atoms with E-state index in [0.717, 1.165) is 16.1 Å². The topological polar surface area (TPSA) is 92.5 Å². The molecule has 0 aliphatic heterocycles. The molecule has 1 N–H and O–H groups in total. The van der Waals surface area contributed by atoms with Crippen LogP contribution in [0.1, 0.15) is 11.3 Å². The van der Waals surface area contributed by atoms with E-state index in [0.29, 0.717) is 11.4 Å². The molecule has 9 heteroatoms. The molecule has 1 amide bonds. The van der Waals surface area contributed by atoms with Crippen LogP contribution < -0.4 is 5.32 Å². The zero-order chi connectivity index (χ0) is 20.1. The first kappa shape index (κ1) is 20.1. The first-order valence-electron chi connectivity index (χ1n) is 8.35. The van der Waals surface area contributed by atoms with Gasteiger partial charge in [-0.25, -0.2) is 13.4 Å². The number of benzene rings is 1. The maximum absolute atomic E-state index is 13.0. The number of furan rings is 1. The Morgan fingerprint density at radius 1 is 1.18 bits per heavy atom. The second-order valence-electron chi connectivity index (χ2n) is 6.08. The monoisotopic (exact) mass is 419 g/mol. The number of aromatic nitrogens is 1. The third-order valence-corrected chi connectivity index (χ3v) is 5.90. The van der Waals surface area contributed by atoms with Gasteiger partial charge in [0.1, 0.15) is 15.8 Å². The third kappa shape index (κ3) is 4.98. The highest BCUT2D eigenvalue weighted by molar-refractivity contribution is 7.89. The number of rotatable bonds is 7. The number of anilines is 1. The molecule has 0 fully saturated rings. The van der Waals surface area contributed by atoms with Crippen LogP contribution >= 0.6 is 11.6 Å². The van der Waals surface area contributed by atoms with Gasteiger partial charge < -0.3 is 9.73 Å². The van der Waals surface area contributed by atoms with E-state index in [-0.39, 0.29) is 23.1 Å². The van der Waals surface area contributed by atoms with Gasteiger partial charge in [-0.1, -0.05) is 29.3 Å². The molecule has 2 aromatic heterocycles. The van der Waals surface area contributed by atoms with Gasteiger partial charge in [0, 0.05) is 11.9 Å². The lowest BCUT2D eigenvalue weighted by Gasteiger charge is -2.20. The lowest BCUT2D eigenvalue weighted by molar-refractivity contribution is -0.116. The summed E-state index contributed by atoms with van der Waals surface area (Å²) in [6.45, 7) is 1.45. The van der Waals surface area contributed by atoms with Crippen LogP contribution in [0.4, 0.5) is 5.69 Å². The van der Waals surface area contributed by atoms with E-state index < -0.39 is 15.9 Å². The number of hydrogen-bond donors (Lipinski definition) is 1. The number of carbonyl (C=O) groups is 1. The van der Waals surface area contributed by atoms with E-state index in [4.69, 9.17) is 16.0 Å². The summed E-state index contributed by atoms with van der Waals surface area (Å²) in [6.07, 6.45) is 2.60. The molecule has 2 heterocycles. The second-order valence-corrected chi connectivity index (χ2v) is 8.41. The highest BCUT2D eigenvalue weighted by atomic mass is 35.5. The first-order valence-corrected chi connectivity index (χ1v) is 10.2. The van der Waals surface area contributed by atoms with Gasteiger partial charge in [-0.2, -0.15) is 4.31 Å². The van der Waals surface area contributed by atoms with Crippen molar-refractivity contribution in [2.24, 2.45) is 0 Å². The number of nitrogens with zero attached hydrogens (tertiary/aromatic N) is 2. The fraction of sp³-hybridized carbons (Fsp3) is 0.158. The van der Waals surface area contributed by atoms with Crippen molar-refractivity contribution >= 4 is 33.2 Å². The summed E-state index contributed by atoms with van der Waals surface area (Å²) in [4.78, 5) is 16.2. The molecule has 7 nitrogen and oxygen atoms in total. The van der Waals surface area contributed by atoms with Gasteiger partial charge in [0.2, 0.25) is 15.9 Å². The Morgan fingerprint density at radius 2 is 1.93 bits per heavy atom. The molecule has 0 saturated heterocycles. The second kappa shape index (κ2) is 8.55. The Hall–Kier alpha value is -2.68. The smallest absolute Gasteiger partial charge is 0.245 e. The van der Waals surface area contributed by atoms with Gasteiger partial charge in [-0.05, 0) is 43.3 Å². The third-order valence-electron chi connectivity index (χ3n) is 3.91. The molecule has 0 aliphatic rings. The summed E-state index contributed by atoms with van der Waals surface area (Å²) in [5.41, 5.74) is 1.63. The molecule has 1 aromatic carbocycles. The summed E-state index contributed by atoms with van der Waals surface area (Å²) in [6, 6.07) is 13.2. The van der Waals surface area contributed by atoms with Crippen molar-refractivity contribution in [3.8, 4) is 0 Å². The molecule has 0 aliphatic carbocycles. The molecule has 3 rings (SSSR count). The number of aryl methyl sites for hydroxylation is 1. The summed E-state index contributed by atoms with van der Waals surface area (Å²) in [7, 11) is -4.00. The Labute approximate surface area is 168 Å². The quantitative estimate of drug-likeness (QED) is 0.592. The highest BCUT2D eigenvalue weighted by Crippen LogP contribution is 2.19. The molecule has 28 heavy (non-hydrogen) atoms. The molecule has 0 spiro atoms. The molecule has 0 unspecified atom stereocenters. The number of sulfonamides is 1. The Morgan fingerprint density at radius 3 is 2.54 bits per heavy atom. The zero-order valence-electron chi connectivity index (χ0n) is 15.0. The predicted octanol–water partition coefficient (Wildman–Crippen LogP) is 3.47. The minimum Gasteiger partial charge on any atom is -0.468 e. The van der Waals surface area contributed by atoms with Crippen LogP contribution in [-0.4, -0.2) is 30.2 Å². The Balaban J connectivity index is 1.83. The number of nitrogens with one attached hydrogen (secondary N) is 1. The lowest BCUT2D eigenvalue weighted by atomic mass is 10.2. The van der Waals surface area contributed by atoms with E-state index in [1.54, 1.807) is 24.3 Å². The number of pyridine rings is 1. The van der Waals surface area contributed by atoms with Crippen LogP contribution in [0.25, 0.3) is 0 Å². The van der Waals surface area contributed by atoms with Crippen LogP contribution in [0.3, 0.4) is 0 Å². The van der Waals surface area contributed by atoms with Crippen molar-refractivity contribution in [1.82, 2.24) is 9.29 Å². The SMILES string of the molecule is Cc1ccc(NC(=O)CN(Cc2ccco2)S(=O)(=O)c2ccc(Cl)nc2)cc1. The van der Waals surface area contributed by atoms with Crippen LogP contribution in [0.2, 0.25) is 5.15 Å². The van der Waals surface area contributed by atoms with Gasteiger partial charge in [0.05, 0.1) is 19.4 Å². The average Bonchev–Trinajstić information content (AvgIpc) is 3.17. The summed E-state index contributed by atoms with van der Waals surface area (Å²) in [5.74, 6) is -0.0606. The number of hydrogen-bond acceptors (Lipinski definition) is 5. The van der Waals surface area contributed by atoms with Crippen molar-refractivity contribution in [3.63, 3.8) is 0 Å². The number of carbonyl (C=O) groups excluding carboxylic acids is 1. The van der Waals surface area contributed by atoms with Crippen molar-refractivity contribution in [2.75, 3.05) is 11.9 Å². The van der Waals surface area contributed by atoms with Crippen molar-refractivity contribution in [2.45, 2.75) is 18.4 Å². The fourth-order valence-electron chi connectivity index (χ4n) is 2.46. The van der Waals surface area contributed by atoms with Crippen molar-refractivity contribution in [1.29, 1.82) is 0 Å². The van der Waals surface area contributed by atoms with Crippen LogP contribution in [0, 0.1) is 6.92 Å². The molecule has 0 bridgehead atoms. The van der Waals surface area contributed by atoms with Gasteiger partial charge in [0.15, 0.2) is 0 Å². The highest BCUT2D eigenvalue weighted by Gasteiger charge is 2.28. The van der Waals surface area contributed by atoms with Crippen LogP contribution in [0.5, 0.6) is 0 Å². The molecular formula is C19H18ClN3O4S. The standard InChI is InChI=1S/C19H18ClN3O4S/c1-14-4-6-15(7-5-14)22-19(24)13-23(12-16-3-2-10-27-16)28(25,26)17-8-9-18(20)21-11-17/h2-11H,12-13H2,1H3,(H,22,24). The maximum atomic E-state index is 13.0. The lowest BCUT2D eigenvalue weighted by Crippen LogP contribution is -2.37. The molecular weight excluding hydrogens is 402 g/mol. The van der Waals surface area contributed by atoms with Crippen LogP contribution in [0.15, 0.2) is 70.3 Å². The maximum Gasteiger partial charge on any atom is 0.245 e. The number of amides is 1. The fourth-order valence-corrected chi connectivity index (χ4v) is 3.88. The van der Waals surface area contributed by atoms with Gasteiger partial charge in [0.25, 0.3) is 0 Å². The molecule has 146 valence electrons. The predicted molar refractivity (Wildman–Crippen MR) is 105 cm³/mol. The Kier molecular flexibility index (Phi) is 6.13. The molecule has 0 saturated carbocycles. The van der Waals surface area contributed by atoms with Crippen LogP contribution in [-0.2, 0) is 21.4 Å². The van der Waals surface area contributed by atoms with E-state index in [9.17, 15) is 13.2 Å². The first-order chi connectivity index (χ1) is 13.3. The summed E-state index contributed by atoms with van der Waals surface area (Å²) >= 11 is 5.74. The van der Waals surface area contributed by atoms with Crippen molar-refractivity contribution < 1.29 is 17.6 Å². The Bertz CT molecular complexity index is 1030. The minimum absolute atomic E-state index is 0.0633.